The molecule has 0 aliphatic rings. The number of benzene rings is 1. The average molecular weight is 249 g/mol. The Labute approximate surface area is 95.2 Å². The van der Waals surface area contributed by atoms with Gasteiger partial charge in [-0.1, -0.05) is 6.92 Å². The van der Waals surface area contributed by atoms with Crippen molar-refractivity contribution in [1.29, 1.82) is 0 Å². The maximum atomic E-state index is 12.4. The molecule has 1 aromatic carbocycles. The number of nitro groups is 1. The molecule has 0 fully saturated rings. The van der Waals surface area contributed by atoms with Gasteiger partial charge < -0.3 is 4.74 Å². The van der Waals surface area contributed by atoms with E-state index in [1.54, 1.807) is 0 Å². The van der Waals surface area contributed by atoms with Gasteiger partial charge in [0, 0.05) is 0 Å². The fourth-order valence-corrected chi connectivity index (χ4v) is 1.21. The second-order valence-electron chi connectivity index (χ2n) is 3.28. The number of nitrogens with zero attached hydrogens (tertiary/aromatic N) is 1. The number of ether oxygens (including phenoxy) is 1. The Kier molecular flexibility index (Phi) is 3.93. The molecule has 1 aromatic rings. The summed E-state index contributed by atoms with van der Waals surface area (Å²) in [6, 6.07) is 2.52. The maximum Gasteiger partial charge on any atom is 0.423 e. The summed E-state index contributed by atoms with van der Waals surface area (Å²) in [6.07, 6.45) is -4.08. The Hall–Kier alpha value is -1.79. The van der Waals surface area contributed by atoms with E-state index in [0.29, 0.717) is 19.1 Å². The van der Waals surface area contributed by atoms with E-state index in [1.807, 2.05) is 6.92 Å². The highest BCUT2D eigenvalue weighted by Crippen LogP contribution is 2.37. The number of rotatable bonds is 4. The molecule has 0 saturated heterocycles. The summed E-state index contributed by atoms with van der Waals surface area (Å²) >= 11 is 0. The first-order valence-corrected chi connectivity index (χ1v) is 4.84. The Bertz CT molecular complexity index is 418. The Balaban J connectivity index is 3.13. The molecule has 0 spiro atoms. The zero-order valence-electron chi connectivity index (χ0n) is 8.95. The smallest absolute Gasteiger partial charge is 0.423 e. The monoisotopic (exact) mass is 249 g/mol. The van der Waals surface area contributed by atoms with E-state index in [0.717, 1.165) is 12.1 Å². The largest absolute Gasteiger partial charge is 0.493 e. The number of alkyl halides is 3. The minimum absolute atomic E-state index is 0.0616. The first-order chi connectivity index (χ1) is 7.86. The van der Waals surface area contributed by atoms with Crippen molar-refractivity contribution in [3.8, 4) is 5.75 Å². The molecule has 17 heavy (non-hydrogen) atoms. The zero-order valence-corrected chi connectivity index (χ0v) is 8.95. The molecule has 0 saturated carbocycles. The molecule has 0 N–H and O–H groups in total. The number of nitro benzene ring substituents is 1. The van der Waals surface area contributed by atoms with Gasteiger partial charge in [-0.3, -0.25) is 10.1 Å². The van der Waals surface area contributed by atoms with E-state index in [2.05, 4.69) is 0 Å². The molecule has 0 aliphatic heterocycles. The van der Waals surface area contributed by atoms with Crippen LogP contribution in [0, 0.1) is 10.1 Å². The van der Waals surface area contributed by atoms with Crippen LogP contribution < -0.4 is 4.74 Å². The van der Waals surface area contributed by atoms with Crippen LogP contribution in [0.25, 0.3) is 0 Å². The molecule has 4 nitrogen and oxygen atoms in total. The van der Waals surface area contributed by atoms with Gasteiger partial charge in [0.25, 0.3) is 5.69 Å². The van der Waals surface area contributed by atoms with E-state index in [-0.39, 0.29) is 5.75 Å². The van der Waals surface area contributed by atoms with Gasteiger partial charge in [-0.2, -0.15) is 13.2 Å². The minimum Gasteiger partial charge on any atom is -0.493 e. The first kappa shape index (κ1) is 13.3. The standard InChI is InChI=1S/C10H10F3NO3/c1-2-5-17-7-3-4-8(10(11,12)13)9(6-7)14(15)16/h3-4,6H,2,5H2,1H3. The lowest BCUT2D eigenvalue weighted by Crippen LogP contribution is -2.09. The molecular weight excluding hydrogens is 239 g/mol. The van der Waals surface area contributed by atoms with Crippen molar-refractivity contribution in [1.82, 2.24) is 0 Å². The summed E-state index contributed by atoms with van der Waals surface area (Å²) in [4.78, 5) is 9.48. The molecule has 7 heteroatoms. The lowest BCUT2D eigenvalue weighted by atomic mass is 10.1. The van der Waals surface area contributed by atoms with Gasteiger partial charge in [0.05, 0.1) is 17.6 Å². The van der Waals surface area contributed by atoms with Crippen molar-refractivity contribution >= 4 is 5.69 Å². The lowest BCUT2D eigenvalue weighted by molar-refractivity contribution is -0.388. The van der Waals surface area contributed by atoms with Crippen molar-refractivity contribution in [3.63, 3.8) is 0 Å². The summed E-state index contributed by atoms with van der Waals surface area (Å²) in [5.41, 5.74) is -2.27. The highest BCUT2D eigenvalue weighted by Gasteiger charge is 2.38. The fourth-order valence-electron chi connectivity index (χ4n) is 1.21. The third-order valence-corrected chi connectivity index (χ3v) is 1.94. The topological polar surface area (TPSA) is 52.4 Å². The van der Waals surface area contributed by atoms with Gasteiger partial charge in [-0.15, -0.1) is 0 Å². The summed E-state index contributed by atoms with van der Waals surface area (Å²) < 4.78 is 42.4. The van der Waals surface area contributed by atoms with Gasteiger partial charge in [-0.25, -0.2) is 0 Å². The minimum atomic E-state index is -4.74. The maximum absolute atomic E-state index is 12.4. The third kappa shape index (κ3) is 3.33. The molecule has 0 bridgehead atoms. The van der Waals surface area contributed by atoms with E-state index in [4.69, 9.17) is 4.74 Å². The number of hydrogen-bond acceptors (Lipinski definition) is 3. The number of halogens is 3. The predicted molar refractivity (Wildman–Crippen MR) is 53.9 cm³/mol. The van der Waals surface area contributed by atoms with Crippen molar-refractivity contribution in [2.24, 2.45) is 0 Å². The van der Waals surface area contributed by atoms with E-state index >= 15 is 0 Å². The van der Waals surface area contributed by atoms with E-state index in [1.165, 1.54) is 0 Å². The highest BCUT2D eigenvalue weighted by atomic mass is 19.4. The summed E-state index contributed by atoms with van der Waals surface area (Å²) in [6.45, 7) is 2.11. The molecule has 94 valence electrons. The molecule has 0 unspecified atom stereocenters. The van der Waals surface area contributed by atoms with Crippen LogP contribution in [-0.4, -0.2) is 11.5 Å². The van der Waals surface area contributed by atoms with Gasteiger partial charge in [0.2, 0.25) is 0 Å². The summed E-state index contributed by atoms with van der Waals surface area (Å²) in [5.74, 6) is 0.0616. The van der Waals surface area contributed by atoms with Crippen LogP contribution in [0.5, 0.6) is 5.75 Å². The summed E-state index contributed by atoms with van der Waals surface area (Å²) in [7, 11) is 0. The van der Waals surface area contributed by atoms with Crippen LogP contribution >= 0.6 is 0 Å². The SMILES string of the molecule is CCCOc1ccc(C(F)(F)F)c([N+](=O)[O-])c1. The van der Waals surface area contributed by atoms with Crippen LogP contribution in [0.15, 0.2) is 18.2 Å². The van der Waals surface area contributed by atoms with Gasteiger partial charge in [0.1, 0.15) is 11.3 Å². The van der Waals surface area contributed by atoms with Crippen LogP contribution in [0.4, 0.5) is 18.9 Å². The molecule has 0 amide bonds. The number of hydrogen-bond donors (Lipinski definition) is 0. The van der Waals surface area contributed by atoms with Crippen molar-refractivity contribution in [3.05, 3.63) is 33.9 Å². The lowest BCUT2D eigenvalue weighted by Gasteiger charge is -2.09. The molecule has 1 rings (SSSR count). The van der Waals surface area contributed by atoms with Crippen LogP contribution in [-0.2, 0) is 6.18 Å². The molecule has 0 atom stereocenters. The van der Waals surface area contributed by atoms with Crippen molar-refractivity contribution < 1.29 is 22.8 Å². The van der Waals surface area contributed by atoms with Gasteiger partial charge >= 0.3 is 6.18 Å². The summed E-state index contributed by atoms with van der Waals surface area (Å²) in [5, 5.41) is 10.5. The fraction of sp³-hybridized carbons (Fsp3) is 0.400. The first-order valence-electron chi connectivity index (χ1n) is 4.84. The zero-order chi connectivity index (χ0) is 13.1. The predicted octanol–water partition coefficient (Wildman–Crippen LogP) is 3.40. The Morgan fingerprint density at radius 3 is 2.53 bits per heavy atom. The Morgan fingerprint density at radius 1 is 1.41 bits per heavy atom. The normalized spacial score (nSPS) is 11.3. The van der Waals surface area contributed by atoms with Gasteiger partial charge in [0.15, 0.2) is 0 Å². The molecule has 0 radical (unpaired) electrons. The third-order valence-electron chi connectivity index (χ3n) is 1.94. The molecular formula is C10H10F3NO3. The van der Waals surface area contributed by atoms with Crippen LogP contribution in [0.3, 0.4) is 0 Å². The second kappa shape index (κ2) is 5.03. The highest BCUT2D eigenvalue weighted by molar-refractivity contribution is 5.47. The molecule has 0 heterocycles. The Morgan fingerprint density at radius 2 is 2.06 bits per heavy atom. The van der Waals surface area contributed by atoms with Crippen LogP contribution in [0.1, 0.15) is 18.9 Å². The quantitative estimate of drug-likeness (QED) is 0.607. The van der Waals surface area contributed by atoms with E-state index in [9.17, 15) is 23.3 Å². The van der Waals surface area contributed by atoms with Crippen molar-refractivity contribution in [2.45, 2.75) is 19.5 Å². The van der Waals surface area contributed by atoms with Gasteiger partial charge in [-0.05, 0) is 18.6 Å². The van der Waals surface area contributed by atoms with Crippen LogP contribution in [0.2, 0.25) is 0 Å². The average Bonchev–Trinajstić information content (AvgIpc) is 2.24. The second-order valence-corrected chi connectivity index (χ2v) is 3.28. The molecule has 0 aromatic heterocycles. The van der Waals surface area contributed by atoms with E-state index < -0.39 is 22.4 Å². The van der Waals surface area contributed by atoms with Crippen molar-refractivity contribution in [2.75, 3.05) is 6.61 Å². The molecule has 0 aliphatic carbocycles.